The molecule has 0 bridgehead atoms. The number of nitrogens with one attached hydrogen (secondary N) is 2. The number of rotatable bonds is 7. The summed E-state index contributed by atoms with van der Waals surface area (Å²) in [5, 5.41) is 6.04. The predicted octanol–water partition coefficient (Wildman–Crippen LogP) is 0.212. The smallest absolute Gasteiger partial charge is 0.241 e. The molecule has 2 N–H and O–H groups in total. The molecule has 25 heavy (non-hydrogen) atoms. The molecule has 1 amide bonds. The maximum atomic E-state index is 11.8. The van der Waals surface area contributed by atoms with Crippen molar-refractivity contribution in [2.75, 3.05) is 59.7 Å². The van der Waals surface area contributed by atoms with Crippen LogP contribution >= 0.6 is 24.0 Å². The third-order valence-electron chi connectivity index (χ3n) is 4.11. The summed E-state index contributed by atoms with van der Waals surface area (Å²) < 4.78 is 16.5. The molecule has 2 fully saturated rings. The van der Waals surface area contributed by atoms with Crippen LogP contribution in [0.15, 0.2) is 4.99 Å². The molecular weight excluding hydrogens is 439 g/mol. The standard InChI is InChI=1S/C16H30N4O4.HI/c1-3-17-16(19-11-15(21)18-6-9-22-2)20-7-10-24-14(12-20)13-5-4-8-23-13;/h13-14H,3-12H2,1-2H3,(H,17,19)(H,18,21);1H. The molecule has 0 aromatic carbocycles. The van der Waals surface area contributed by atoms with Crippen LogP contribution in [0.3, 0.4) is 0 Å². The highest BCUT2D eigenvalue weighted by Crippen LogP contribution is 2.20. The summed E-state index contributed by atoms with van der Waals surface area (Å²) in [4.78, 5) is 18.4. The molecule has 0 aliphatic carbocycles. The molecule has 2 unspecified atom stereocenters. The Labute approximate surface area is 167 Å². The summed E-state index contributed by atoms with van der Waals surface area (Å²) in [5.41, 5.74) is 0. The molecular formula is C16H31IN4O4. The minimum Gasteiger partial charge on any atom is -0.383 e. The van der Waals surface area contributed by atoms with Gasteiger partial charge >= 0.3 is 0 Å². The van der Waals surface area contributed by atoms with Gasteiger partial charge in [0.25, 0.3) is 0 Å². The van der Waals surface area contributed by atoms with E-state index in [4.69, 9.17) is 14.2 Å². The maximum Gasteiger partial charge on any atom is 0.241 e. The molecule has 2 aliphatic heterocycles. The van der Waals surface area contributed by atoms with E-state index in [1.54, 1.807) is 7.11 Å². The summed E-state index contributed by atoms with van der Waals surface area (Å²) >= 11 is 0. The first-order valence-electron chi connectivity index (χ1n) is 8.76. The van der Waals surface area contributed by atoms with E-state index >= 15 is 0 Å². The second-order valence-electron chi connectivity index (χ2n) is 5.92. The number of hydrogen-bond donors (Lipinski definition) is 2. The lowest BCUT2D eigenvalue weighted by Gasteiger charge is -2.37. The van der Waals surface area contributed by atoms with Crippen molar-refractivity contribution in [3.8, 4) is 0 Å². The Bertz CT molecular complexity index is 419. The average molecular weight is 470 g/mol. The van der Waals surface area contributed by atoms with Gasteiger partial charge in [-0.15, -0.1) is 24.0 Å². The number of aliphatic imine (C=N–C) groups is 1. The van der Waals surface area contributed by atoms with Gasteiger partial charge in [-0.1, -0.05) is 0 Å². The number of nitrogens with zero attached hydrogens (tertiary/aromatic N) is 2. The molecule has 0 spiro atoms. The van der Waals surface area contributed by atoms with Gasteiger partial charge in [-0.05, 0) is 19.8 Å². The first-order valence-corrected chi connectivity index (χ1v) is 8.76. The highest BCUT2D eigenvalue weighted by atomic mass is 127. The summed E-state index contributed by atoms with van der Waals surface area (Å²) in [5.74, 6) is 0.650. The number of carbonyl (C=O) groups is 1. The van der Waals surface area contributed by atoms with Crippen LogP contribution in [0.25, 0.3) is 0 Å². The number of hydrogen-bond acceptors (Lipinski definition) is 5. The highest BCUT2D eigenvalue weighted by Gasteiger charge is 2.32. The number of halogens is 1. The van der Waals surface area contributed by atoms with Crippen molar-refractivity contribution in [3.63, 3.8) is 0 Å². The molecule has 2 heterocycles. The van der Waals surface area contributed by atoms with Gasteiger partial charge in [0, 0.05) is 39.9 Å². The van der Waals surface area contributed by atoms with Crippen molar-refractivity contribution >= 4 is 35.8 Å². The van der Waals surface area contributed by atoms with Gasteiger partial charge in [0.2, 0.25) is 5.91 Å². The lowest BCUT2D eigenvalue weighted by atomic mass is 10.1. The summed E-state index contributed by atoms with van der Waals surface area (Å²) in [6.45, 7) is 6.85. The SMILES string of the molecule is CCNC(=NCC(=O)NCCOC)N1CCOC(C2CCCO2)C1.I. The fourth-order valence-corrected chi connectivity index (χ4v) is 2.91. The third-order valence-corrected chi connectivity index (χ3v) is 4.11. The summed E-state index contributed by atoms with van der Waals surface area (Å²) in [6.07, 6.45) is 2.39. The fraction of sp³-hybridized carbons (Fsp3) is 0.875. The number of amides is 1. The Hall–Kier alpha value is -0.650. The van der Waals surface area contributed by atoms with Gasteiger partial charge in [0.15, 0.2) is 5.96 Å². The second kappa shape index (κ2) is 12.7. The Morgan fingerprint density at radius 1 is 1.28 bits per heavy atom. The quantitative estimate of drug-likeness (QED) is 0.240. The second-order valence-corrected chi connectivity index (χ2v) is 5.92. The Kier molecular flexibility index (Phi) is 11.3. The number of morpholine rings is 1. The maximum absolute atomic E-state index is 11.8. The normalized spacial score (nSPS) is 23.9. The largest absolute Gasteiger partial charge is 0.383 e. The predicted molar refractivity (Wildman–Crippen MR) is 107 cm³/mol. The molecule has 2 atom stereocenters. The number of methoxy groups -OCH3 is 1. The van der Waals surface area contributed by atoms with Gasteiger partial charge in [0.05, 0.1) is 19.3 Å². The zero-order valence-corrected chi connectivity index (χ0v) is 17.5. The van der Waals surface area contributed by atoms with Crippen molar-refractivity contribution in [1.29, 1.82) is 0 Å². The van der Waals surface area contributed by atoms with Crippen LogP contribution in [0.1, 0.15) is 19.8 Å². The summed E-state index contributed by atoms with van der Waals surface area (Å²) in [7, 11) is 1.61. The van der Waals surface area contributed by atoms with E-state index in [-0.39, 0.29) is 48.6 Å². The van der Waals surface area contributed by atoms with E-state index in [1.807, 2.05) is 6.92 Å². The van der Waals surface area contributed by atoms with Gasteiger partial charge in [-0.25, -0.2) is 4.99 Å². The Morgan fingerprint density at radius 3 is 2.76 bits per heavy atom. The van der Waals surface area contributed by atoms with Gasteiger partial charge in [-0.3, -0.25) is 4.79 Å². The van der Waals surface area contributed by atoms with E-state index in [0.29, 0.717) is 19.8 Å². The van der Waals surface area contributed by atoms with Crippen LogP contribution in [0.2, 0.25) is 0 Å². The molecule has 0 saturated carbocycles. The number of guanidine groups is 1. The zero-order chi connectivity index (χ0) is 17.2. The van der Waals surface area contributed by atoms with E-state index in [1.165, 1.54) is 0 Å². The Morgan fingerprint density at radius 2 is 2.08 bits per heavy atom. The van der Waals surface area contributed by atoms with E-state index in [9.17, 15) is 4.79 Å². The van der Waals surface area contributed by atoms with Crippen molar-refractivity contribution in [3.05, 3.63) is 0 Å². The zero-order valence-electron chi connectivity index (χ0n) is 15.2. The van der Waals surface area contributed by atoms with E-state index in [2.05, 4.69) is 20.5 Å². The minimum absolute atomic E-state index is 0. The molecule has 0 aromatic rings. The highest BCUT2D eigenvalue weighted by molar-refractivity contribution is 14.0. The van der Waals surface area contributed by atoms with E-state index < -0.39 is 0 Å². The third kappa shape index (κ3) is 7.63. The van der Waals surface area contributed by atoms with Gasteiger partial charge in [-0.2, -0.15) is 0 Å². The monoisotopic (exact) mass is 470 g/mol. The molecule has 2 saturated heterocycles. The minimum atomic E-state index is -0.105. The first kappa shape index (κ1) is 22.4. The number of carbonyl (C=O) groups excluding carboxylic acids is 1. The molecule has 2 rings (SSSR count). The summed E-state index contributed by atoms with van der Waals surface area (Å²) in [6, 6.07) is 0. The van der Waals surface area contributed by atoms with Crippen LogP contribution < -0.4 is 10.6 Å². The van der Waals surface area contributed by atoms with Crippen molar-refractivity contribution in [2.24, 2.45) is 4.99 Å². The van der Waals surface area contributed by atoms with Crippen LogP contribution in [0.4, 0.5) is 0 Å². The van der Waals surface area contributed by atoms with Gasteiger partial charge < -0.3 is 29.7 Å². The molecule has 2 aliphatic rings. The van der Waals surface area contributed by atoms with Gasteiger partial charge in [0.1, 0.15) is 12.6 Å². The van der Waals surface area contributed by atoms with E-state index in [0.717, 1.165) is 45.0 Å². The Balaban J connectivity index is 0.00000312. The first-order chi connectivity index (χ1) is 11.7. The van der Waals surface area contributed by atoms with Crippen molar-refractivity contribution in [1.82, 2.24) is 15.5 Å². The van der Waals surface area contributed by atoms with Crippen LogP contribution in [0.5, 0.6) is 0 Å². The van der Waals surface area contributed by atoms with Crippen molar-refractivity contribution in [2.45, 2.75) is 32.0 Å². The molecule has 9 heteroatoms. The van der Waals surface area contributed by atoms with Crippen LogP contribution in [-0.2, 0) is 19.0 Å². The number of ether oxygens (including phenoxy) is 3. The fourth-order valence-electron chi connectivity index (χ4n) is 2.91. The average Bonchev–Trinajstić information content (AvgIpc) is 3.13. The molecule has 146 valence electrons. The van der Waals surface area contributed by atoms with Crippen LogP contribution in [-0.4, -0.2) is 88.6 Å². The molecule has 0 radical (unpaired) electrons. The topological polar surface area (TPSA) is 84.4 Å². The van der Waals surface area contributed by atoms with Crippen LogP contribution in [0, 0.1) is 0 Å². The molecule has 8 nitrogen and oxygen atoms in total. The lowest BCUT2D eigenvalue weighted by molar-refractivity contribution is -0.119. The lowest BCUT2D eigenvalue weighted by Crippen LogP contribution is -2.53. The van der Waals surface area contributed by atoms with Crippen molar-refractivity contribution < 1.29 is 19.0 Å². The molecule has 0 aromatic heterocycles.